The Kier molecular flexibility index (Phi) is 3.91. The number of rotatable bonds is 3. The van der Waals surface area contributed by atoms with Crippen LogP contribution in [0, 0.1) is 19.8 Å². The predicted octanol–water partition coefficient (Wildman–Crippen LogP) is 3.81. The number of aromatic nitrogens is 1. The minimum atomic E-state index is 0.0181. The van der Waals surface area contributed by atoms with Crippen LogP contribution in [0.5, 0.6) is 5.75 Å². The molecule has 0 unspecified atom stereocenters. The van der Waals surface area contributed by atoms with Gasteiger partial charge in [0.15, 0.2) is 6.61 Å². The third-order valence-corrected chi connectivity index (χ3v) is 4.51. The monoisotopic (exact) mass is 316 g/mol. The van der Waals surface area contributed by atoms with Crippen LogP contribution in [0.4, 0.5) is 5.69 Å². The van der Waals surface area contributed by atoms with Gasteiger partial charge in [0.1, 0.15) is 5.75 Å². The molecule has 0 bridgehead atoms. The number of ether oxygens (including phenoxy) is 1. The lowest BCUT2D eigenvalue weighted by atomic mass is 10.1. The summed E-state index contributed by atoms with van der Waals surface area (Å²) in [7, 11) is 0. The van der Waals surface area contributed by atoms with Gasteiger partial charge >= 0.3 is 0 Å². The standard InChI is InChI=1S/C17H20N2O2S/c1-10(2)8-19-14-7-13(17-11(3)22-12(4)18-17)5-6-15(14)21-9-16(19)20/h5-7,10H,8-9H2,1-4H3. The third kappa shape index (κ3) is 2.73. The molecular formula is C17H20N2O2S. The van der Waals surface area contributed by atoms with Crippen molar-refractivity contribution >= 4 is 22.9 Å². The van der Waals surface area contributed by atoms with Crippen LogP contribution in [0.15, 0.2) is 18.2 Å². The molecular weight excluding hydrogens is 296 g/mol. The van der Waals surface area contributed by atoms with Crippen molar-refractivity contribution in [3.63, 3.8) is 0 Å². The van der Waals surface area contributed by atoms with E-state index in [1.165, 1.54) is 4.88 Å². The highest BCUT2D eigenvalue weighted by atomic mass is 32.1. The molecule has 1 aromatic heterocycles. The summed E-state index contributed by atoms with van der Waals surface area (Å²) in [6.07, 6.45) is 0. The van der Waals surface area contributed by atoms with Crippen molar-refractivity contribution in [2.75, 3.05) is 18.1 Å². The van der Waals surface area contributed by atoms with Gasteiger partial charge in [-0.1, -0.05) is 13.8 Å². The quantitative estimate of drug-likeness (QED) is 0.865. The lowest BCUT2D eigenvalue weighted by molar-refractivity contribution is -0.121. The average Bonchev–Trinajstić information content (AvgIpc) is 2.80. The molecule has 22 heavy (non-hydrogen) atoms. The second kappa shape index (κ2) is 5.72. The van der Waals surface area contributed by atoms with Crippen LogP contribution in [0.25, 0.3) is 11.3 Å². The molecule has 1 aliphatic heterocycles. The topological polar surface area (TPSA) is 42.4 Å². The number of thiazole rings is 1. The van der Waals surface area contributed by atoms with Gasteiger partial charge in [-0.15, -0.1) is 11.3 Å². The van der Waals surface area contributed by atoms with Gasteiger partial charge < -0.3 is 9.64 Å². The molecule has 0 N–H and O–H groups in total. The van der Waals surface area contributed by atoms with Gasteiger partial charge in [0, 0.05) is 17.0 Å². The van der Waals surface area contributed by atoms with E-state index in [1.54, 1.807) is 11.3 Å². The number of anilines is 1. The van der Waals surface area contributed by atoms with Gasteiger partial charge in [-0.2, -0.15) is 0 Å². The highest BCUT2D eigenvalue weighted by molar-refractivity contribution is 7.11. The summed E-state index contributed by atoms with van der Waals surface area (Å²) in [5, 5.41) is 1.05. The molecule has 0 saturated heterocycles. The molecule has 1 amide bonds. The first-order valence-corrected chi connectivity index (χ1v) is 8.29. The Morgan fingerprint density at radius 2 is 2.14 bits per heavy atom. The Morgan fingerprint density at radius 1 is 1.36 bits per heavy atom. The van der Waals surface area contributed by atoms with Crippen LogP contribution >= 0.6 is 11.3 Å². The SMILES string of the molecule is Cc1nc(-c2ccc3c(c2)N(CC(C)C)C(=O)CO3)c(C)s1. The zero-order valence-electron chi connectivity index (χ0n) is 13.3. The zero-order chi connectivity index (χ0) is 15.9. The minimum absolute atomic E-state index is 0.0181. The third-order valence-electron chi connectivity index (χ3n) is 3.63. The number of benzene rings is 1. The van der Waals surface area contributed by atoms with Gasteiger partial charge in [0.05, 0.1) is 16.4 Å². The summed E-state index contributed by atoms with van der Waals surface area (Å²) in [5.74, 6) is 1.19. The molecule has 2 heterocycles. The number of carbonyl (C=O) groups is 1. The van der Waals surface area contributed by atoms with E-state index in [4.69, 9.17) is 4.74 Å². The lowest BCUT2D eigenvalue weighted by Crippen LogP contribution is -2.40. The van der Waals surface area contributed by atoms with Gasteiger partial charge in [-0.3, -0.25) is 4.79 Å². The summed E-state index contributed by atoms with van der Waals surface area (Å²) in [5.41, 5.74) is 2.88. The normalized spacial score (nSPS) is 14.2. The Bertz CT molecular complexity index is 721. The molecule has 1 aromatic carbocycles. The van der Waals surface area contributed by atoms with E-state index < -0.39 is 0 Å². The smallest absolute Gasteiger partial charge is 0.265 e. The zero-order valence-corrected chi connectivity index (χ0v) is 14.2. The molecule has 2 aromatic rings. The Hall–Kier alpha value is -1.88. The Balaban J connectivity index is 2.06. The molecule has 1 aliphatic rings. The van der Waals surface area contributed by atoms with Crippen LogP contribution in [-0.2, 0) is 4.79 Å². The summed E-state index contributed by atoms with van der Waals surface area (Å²) >= 11 is 1.69. The first-order chi connectivity index (χ1) is 10.5. The largest absolute Gasteiger partial charge is 0.482 e. The second-order valence-corrected chi connectivity index (χ2v) is 7.41. The minimum Gasteiger partial charge on any atom is -0.482 e. The molecule has 5 heteroatoms. The number of fused-ring (bicyclic) bond motifs is 1. The number of hydrogen-bond donors (Lipinski definition) is 0. The molecule has 0 aliphatic carbocycles. The number of carbonyl (C=O) groups excluding carboxylic acids is 1. The van der Waals surface area contributed by atoms with E-state index in [0.717, 1.165) is 27.7 Å². The van der Waals surface area contributed by atoms with E-state index in [1.807, 2.05) is 30.0 Å². The number of aryl methyl sites for hydroxylation is 2. The van der Waals surface area contributed by atoms with Crippen LogP contribution in [0.2, 0.25) is 0 Å². The van der Waals surface area contributed by atoms with Crippen molar-refractivity contribution in [1.29, 1.82) is 0 Å². The summed E-state index contributed by atoms with van der Waals surface area (Å²) in [6, 6.07) is 5.98. The van der Waals surface area contributed by atoms with Crippen LogP contribution in [-0.4, -0.2) is 24.0 Å². The fraction of sp³-hybridized carbons (Fsp3) is 0.412. The summed E-state index contributed by atoms with van der Waals surface area (Å²) < 4.78 is 5.56. The average molecular weight is 316 g/mol. The first kappa shape index (κ1) is 15.0. The molecule has 0 fully saturated rings. The first-order valence-electron chi connectivity index (χ1n) is 7.47. The van der Waals surface area contributed by atoms with Crippen molar-refractivity contribution in [2.45, 2.75) is 27.7 Å². The van der Waals surface area contributed by atoms with E-state index in [0.29, 0.717) is 12.5 Å². The number of hydrogen-bond acceptors (Lipinski definition) is 4. The predicted molar refractivity (Wildman–Crippen MR) is 89.7 cm³/mol. The van der Waals surface area contributed by atoms with E-state index in [2.05, 4.69) is 25.8 Å². The van der Waals surface area contributed by atoms with Gasteiger partial charge in [0.25, 0.3) is 5.91 Å². The molecule has 0 atom stereocenters. The molecule has 0 spiro atoms. The maximum atomic E-state index is 12.2. The van der Waals surface area contributed by atoms with Crippen molar-refractivity contribution in [1.82, 2.24) is 4.98 Å². The molecule has 116 valence electrons. The highest BCUT2D eigenvalue weighted by Gasteiger charge is 2.26. The van der Waals surface area contributed by atoms with Crippen LogP contribution in [0.3, 0.4) is 0 Å². The Labute approximate surface area is 134 Å². The highest BCUT2D eigenvalue weighted by Crippen LogP contribution is 2.37. The van der Waals surface area contributed by atoms with Gasteiger partial charge in [-0.05, 0) is 38.0 Å². The van der Waals surface area contributed by atoms with E-state index in [9.17, 15) is 4.79 Å². The summed E-state index contributed by atoms with van der Waals surface area (Å²) in [6.45, 7) is 9.13. The molecule has 0 radical (unpaired) electrons. The van der Waals surface area contributed by atoms with Crippen molar-refractivity contribution < 1.29 is 9.53 Å². The molecule has 0 saturated carbocycles. The van der Waals surface area contributed by atoms with Crippen LogP contribution in [0.1, 0.15) is 23.7 Å². The summed E-state index contributed by atoms with van der Waals surface area (Å²) in [4.78, 5) is 19.8. The van der Waals surface area contributed by atoms with Crippen molar-refractivity contribution in [3.05, 3.63) is 28.1 Å². The van der Waals surface area contributed by atoms with E-state index >= 15 is 0 Å². The number of amides is 1. The van der Waals surface area contributed by atoms with Crippen LogP contribution < -0.4 is 9.64 Å². The maximum absolute atomic E-state index is 12.2. The van der Waals surface area contributed by atoms with E-state index in [-0.39, 0.29) is 12.5 Å². The van der Waals surface area contributed by atoms with Gasteiger partial charge in [-0.25, -0.2) is 4.98 Å². The fourth-order valence-corrected chi connectivity index (χ4v) is 3.55. The Morgan fingerprint density at radius 3 is 2.77 bits per heavy atom. The lowest BCUT2D eigenvalue weighted by Gasteiger charge is -2.31. The van der Waals surface area contributed by atoms with Crippen molar-refractivity contribution in [2.24, 2.45) is 5.92 Å². The second-order valence-electron chi connectivity index (χ2n) is 6.01. The molecule has 3 rings (SSSR count). The fourth-order valence-electron chi connectivity index (χ4n) is 2.71. The van der Waals surface area contributed by atoms with Gasteiger partial charge in [0.2, 0.25) is 0 Å². The number of nitrogens with zero attached hydrogens (tertiary/aromatic N) is 2. The molecule has 4 nitrogen and oxygen atoms in total. The maximum Gasteiger partial charge on any atom is 0.265 e. The van der Waals surface area contributed by atoms with Crippen molar-refractivity contribution in [3.8, 4) is 17.0 Å².